The van der Waals surface area contributed by atoms with Gasteiger partial charge in [0.15, 0.2) is 0 Å². The molecule has 0 radical (unpaired) electrons. The first-order valence-corrected chi connectivity index (χ1v) is 7.67. The molecule has 1 saturated carbocycles. The zero-order valence-corrected chi connectivity index (χ0v) is 14.3. The topological polar surface area (TPSA) is 96.2 Å². The van der Waals surface area contributed by atoms with Gasteiger partial charge >= 0.3 is 6.03 Å². The number of carbonyl (C=O) groups is 2. The number of amides is 3. The highest BCUT2D eigenvalue weighted by molar-refractivity contribution is 5.95. The summed E-state index contributed by atoms with van der Waals surface area (Å²) >= 11 is 0. The predicted octanol–water partition coefficient (Wildman–Crippen LogP) is 2.11. The molecule has 1 aromatic rings. The van der Waals surface area contributed by atoms with Crippen molar-refractivity contribution >= 4 is 30.0 Å². The average molecular weight is 341 g/mol. The van der Waals surface area contributed by atoms with Crippen LogP contribution in [0.4, 0.5) is 10.5 Å². The molecule has 0 aliphatic heterocycles. The summed E-state index contributed by atoms with van der Waals surface area (Å²) in [7, 11) is 0. The number of hydrogen-bond acceptors (Lipinski definition) is 3. The van der Waals surface area contributed by atoms with Crippen LogP contribution in [-0.2, 0) is 0 Å². The molecule has 0 spiro atoms. The molecule has 2 rings (SSSR count). The molecule has 1 aliphatic carbocycles. The SMILES string of the molecule is CC(C)NC(=O)Nc1ccc(C(=O)NCC(N)C2CC2)cc1.Cl. The molecule has 128 valence electrons. The lowest BCUT2D eigenvalue weighted by atomic mass is 10.1. The summed E-state index contributed by atoms with van der Waals surface area (Å²) in [5.41, 5.74) is 7.15. The summed E-state index contributed by atoms with van der Waals surface area (Å²) in [6.45, 7) is 4.28. The van der Waals surface area contributed by atoms with Crippen molar-refractivity contribution in [2.75, 3.05) is 11.9 Å². The van der Waals surface area contributed by atoms with Crippen molar-refractivity contribution < 1.29 is 9.59 Å². The summed E-state index contributed by atoms with van der Waals surface area (Å²) < 4.78 is 0. The lowest BCUT2D eigenvalue weighted by molar-refractivity contribution is 0.0950. The number of urea groups is 1. The van der Waals surface area contributed by atoms with Gasteiger partial charge in [-0.3, -0.25) is 4.79 Å². The Bertz CT molecular complexity index is 529. The zero-order chi connectivity index (χ0) is 16.1. The molecule has 23 heavy (non-hydrogen) atoms. The second-order valence-corrected chi connectivity index (χ2v) is 6.04. The Balaban J connectivity index is 0.00000264. The van der Waals surface area contributed by atoms with Gasteiger partial charge in [-0.05, 0) is 56.9 Å². The minimum absolute atomic E-state index is 0. The van der Waals surface area contributed by atoms with Gasteiger partial charge in [0.1, 0.15) is 0 Å². The number of carbonyl (C=O) groups excluding carboxylic acids is 2. The van der Waals surface area contributed by atoms with Gasteiger partial charge < -0.3 is 21.7 Å². The highest BCUT2D eigenvalue weighted by atomic mass is 35.5. The molecule has 7 heteroatoms. The summed E-state index contributed by atoms with van der Waals surface area (Å²) in [6, 6.07) is 6.63. The second-order valence-electron chi connectivity index (χ2n) is 6.04. The highest BCUT2D eigenvalue weighted by Gasteiger charge is 2.28. The number of rotatable bonds is 6. The standard InChI is InChI=1S/C16H24N4O2.ClH/c1-10(2)19-16(22)20-13-7-5-12(6-8-13)15(21)18-9-14(17)11-3-4-11;/h5-8,10-11,14H,3-4,9,17H2,1-2H3,(H,18,21)(H2,19,20,22);1H. The van der Waals surface area contributed by atoms with E-state index in [1.54, 1.807) is 24.3 Å². The van der Waals surface area contributed by atoms with Crippen LogP contribution in [0.5, 0.6) is 0 Å². The third-order valence-electron chi connectivity index (χ3n) is 3.55. The Hall–Kier alpha value is -1.79. The largest absolute Gasteiger partial charge is 0.350 e. The van der Waals surface area contributed by atoms with Gasteiger partial charge in [0.05, 0.1) is 0 Å². The fourth-order valence-corrected chi connectivity index (χ4v) is 2.14. The smallest absolute Gasteiger partial charge is 0.319 e. The fourth-order valence-electron chi connectivity index (χ4n) is 2.14. The maximum absolute atomic E-state index is 12.0. The first-order chi connectivity index (χ1) is 10.5. The maximum Gasteiger partial charge on any atom is 0.319 e. The van der Waals surface area contributed by atoms with Gasteiger partial charge in [-0.15, -0.1) is 12.4 Å². The van der Waals surface area contributed by atoms with Crippen molar-refractivity contribution in [2.45, 2.75) is 38.8 Å². The summed E-state index contributed by atoms with van der Waals surface area (Å²) in [6.07, 6.45) is 2.33. The van der Waals surface area contributed by atoms with Crippen LogP contribution in [0.3, 0.4) is 0 Å². The minimum atomic E-state index is -0.261. The van der Waals surface area contributed by atoms with Crippen molar-refractivity contribution in [1.29, 1.82) is 0 Å². The van der Waals surface area contributed by atoms with E-state index in [1.807, 2.05) is 13.8 Å². The van der Waals surface area contributed by atoms with E-state index < -0.39 is 0 Å². The Morgan fingerprint density at radius 1 is 1.22 bits per heavy atom. The lowest BCUT2D eigenvalue weighted by Crippen LogP contribution is -2.38. The Morgan fingerprint density at radius 3 is 2.35 bits per heavy atom. The van der Waals surface area contributed by atoms with E-state index in [4.69, 9.17) is 5.73 Å². The number of nitrogens with two attached hydrogens (primary N) is 1. The molecule has 1 unspecified atom stereocenters. The molecule has 0 bridgehead atoms. The molecule has 1 fully saturated rings. The molecule has 0 saturated heterocycles. The van der Waals surface area contributed by atoms with Crippen LogP contribution in [0.15, 0.2) is 24.3 Å². The summed E-state index contributed by atoms with van der Waals surface area (Å²) in [4.78, 5) is 23.6. The number of anilines is 1. The van der Waals surface area contributed by atoms with E-state index in [0.29, 0.717) is 23.7 Å². The number of hydrogen-bond donors (Lipinski definition) is 4. The van der Waals surface area contributed by atoms with Crippen molar-refractivity contribution in [2.24, 2.45) is 11.7 Å². The van der Waals surface area contributed by atoms with Crippen LogP contribution < -0.4 is 21.7 Å². The molecule has 3 amide bonds. The third-order valence-corrected chi connectivity index (χ3v) is 3.55. The van der Waals surface area contributed by atoms with E-state index in [9.17, 15) is 9.59 Å². The van der Waals surface area contributed by atoms with Crippen LogP contribution in [0.25, 0.3) is 0 Å². The van der Waals surface area contributed by atoms with E-state index in [2.05, 4.69) is 16.0 Å². The molecule has 0 aromatic heterocycles. The molecule has 5 N–H and O–H groups in total. The van der Waals surface area contributed by atoms with E-state index in [1.165, 1.54) is 0 Å². The molecule has 1 aliphatic rings. The maximum atomic E-state index is 12.0. The molecule has 6 nitrogen and oxygen atoms in total. The van der Waals surface area contributed by atoms with Gasteiger partial charge in [-0.1, -0.05) is 0 Å². The molecular formula is C16H25ClN4O2. The predicted molar refractivity (Wildman–Crippen MR) is 94.0 cm³/mol. The van der Waals surface area contributed by atoms with Crippen molar-refractivity contribution in [3.05, 3.63) is 29.8 Å². The van der Waals surface area contributed by atoms with E-state index in [-0.39, 0.29) is 36.4 Å². The van der Waals surface area contributed by atoms with Crippen molar-refractivity contribution in [1.82, 2.24) is 10.6 Å². The minimum Gasteiger partial charge on any atom is -0.350 e. The van der Waals surface area contributed by atoms with Crippen LogP contribution in [0.1, 0.15) is 37.0 Å². The number of benzene rings is 1. The van der Waals surface area contributed by atoms with Crippen LogP contribution in [0, 0.1) is 5.92 Å². The number of halogens is 1. The second kappa shape index (κ2) is 8.74. The number of nitrogens with one attached hydrogen (secondary N) is 3. The Kier molecular flexibility index (Phi) is 7.32. The Morgan fingerprint density at radius 2 is 1.83 bits per heavy atom. The fraction of sp³-hybridized carbons (Fsp3) is 0.500. The van der Waals surface area contributed by atoms with Gasteiger partial charge in [-0.2, -0.15) is 0 Å². The molecule has 1 atom stereocenters. The highest BCUT2D eigenvalue weighted by Crippen LogP contribution is 2.31. The molecular weight excluding hydrogens is 316 g/mol. The van der Waals surface area contributed by atoms with Gasteiger partial charge in [0.25, 0.3) is 5.91 Å². The molecule has 1 aromatic carbocycles. The zero-order valence-electron chi connectivity index (χ0n) is 13.5. The van der Waals surface area contributed by atoms with Crippen LogP contribution in [-0.4, -0.2) is 30.6 Å². The van der Waals surface area contributed by atoms with Crippen molar-refractivity contribution in [3.63, 3.8) is 0 Å². The molecule has 0 heterocycles. The lowest BCUT2D eigenvalue weighted by Gasteiger charge is -2.12. The first-order valence-electron chi connectivity index (χ1n) is 7.67. The normalized spacial score (nSPS) is 14.6. The average Bonchev–Trinajstić information content (AvgIpc) is 3.28. The van der Waals surface area contributed by atoms with Gasteiger partial charge in [0, 0.05) is 29.9 Å². The quantitative estimate of drug-likeness (QED) is 0.638. The summed E-state index contributed by atoms with van der Waals surface area (Å²) in [5, 5.41) is 8.29. The monoisotopic (exact) mass is 340 g/mol. The summed E-state index contributed by atoms with van der Waals surface area (Å²) in [5.74, 6) is 0.417. The van der Waals surface area contributed by atoms with Crippen LogP contribution >= 0.6 is 12.4 Å². The van der Waals surface area contributed by atoms with Gasteiger partial charge in [-0.25, -0.2) is 4.79 Å². The third kappa shape index (κ3) is 6.46. The Labute approximate surface area is 143 Å². The van der Waals surface area contributed by atoms with E-state index >= 15 is 0 Å². The van der Waals surface area contributed by atoms with Crippen molar-refractivity contribution in [3.8, 4) is 0 Å². The van der Waals surface area contributed by atoms with Crippen LogP contribution in [0.2, 0.25) is 0 Å². The first kappa shape index (κ1) is 19.3. The van der Waals surface area contributed by atoms with Gasteiger partial charge in [0.2, 0.25) is 0 Å². The van der Waals surface area contributed by atoms with E-state index in [0.717, 1.165) is 12.8 Å².